The highest BCUT2D eigenvalue weighted by Gasteiger charge is 2.01. The van der Waals surface area contributed by atoms with Crippen LogP contribution < -0.4 is 0 Å². The van der Waals surface area contributed by atoms with Crippen molar-refractivity contribution in [3.05, 3.63) is 71.6 Å². The normalized spacial score (nSPS) is 11.1. The number of rotatable bonds is 4. The van der Waals surface area contributed by atoms with Crippen molar-refractivity contribution < 1.29 is 4.79 Å². The van der Waals surface area contributed by atoms with E-state index in [1.165, 1.54) is 5.56 Å². The zero-order valence-electron chi connectivity index (χ0n) is 11.2. The van der Waals surface area contributed by atoms with Gasteiger partial charge in [0.1, 0.15) is 0 Å². The van der Waals surface area contributed by atoms with Gasteiger partial charge in [-0.1, -0.05) is 44.2 Å². The molecule has 0 saturated carbocycles. The van der Waals surface area contributed by atoms with E-state index in [-0.39, 0.29) is 5.78 Å². The van der Waals surface area contributed by atoms with Crippen molar-refractivity contribution in [2.75, 3.05) is 0 Å². The molecule has 0 aliphatic carbocycles. The van der Waals surface area contributed by atoms with Gasteiger partial charge in [0.15, 0.2) is 5.78 Å². The number of carbonyl (C=O) groups excluding carboxylic acids is 1. The van der Waals surface area contributed by atoms with Crippen LogP contribution in [0.1, 0.15) is 41.3 Å². The van der Waals surface area contributed by atoms with Crippen LogP contribution in [-0.2, 0) is 0 Å². The fourth-order valence-electron chi connectivity index (χ4n) is 1.77. The van der Waals surface area contributed by atoms with Crippen LogP contribution in [0.3, 0.4) is 0 Å². The van der Waals surface area contributed by atoms with E-state index >= 15 is 0 Å². The zero-order chi connectivity index (χ0) is 13.7. The van der Waals surface area contributed by atoms with Crippen molar-refractivity contribution in [2.45, 2.75) is 19.8 Å². The highest BCUT2D eigenvalue weighted by Crippen LogP contribution is 2.15. The highest BCUT2D eigenvalue weighted by molar-refractivity contribution is 6.06. The molecule has 2 aromatic rings. The van der Waals surface area contributed by atoms with Crippen LogP contribution in [0.25, 0.3) is 6.08 Å². The SMILES string of the molecule is CC(C)c1ccc(/C=C/C(=O)c2cccnc2)cc1. The molecular weight excluding hydrogens is 234 g/mol. The summed E-state index contributed by atoms with van der Waals surface area (Å²) in [5, 5.41) is 0. The first-order chi connectivity index (χ1) is 9.16. The van der Waals surface area contributed by atoms with Gasteiger partial charge in [-0.25, -0.2) is 0 Å². The van der Waals surface area contributed by atoms with Gasteiger partial charge in [0.25, 0.3) is 0 Å². The molecule has 0 radical (unpaired) electrons. The second-order valence-corrected chi connectivity index (χ2v) is 4.76. The van der Waals surface area contributed by atoms with Crippen LogP contribution in [-0.4, -0.2) is 10.8 Å². The molecule has 2 rings (SSSR count). The molecule has 1 aromatic carbocycles. The van der Waals surface area contributed by atoms with Crippen LogP contribution >= 0.6 is 0 Å². The molecule has 1 aromatic heterocycles. The summed E-state index contributed by atoms with van der Waals surface area (Å²) in [5.41, 5.74) is 2.94. The maximum absolute atomic E-state index is 11.9. The summed E-state index contributed by atoms with van der Waals surface area (Å²) in [6.45, 7) is 4.33. The average molecular weight is 251 g/mol. The molecule has 0 bridgehead atoms. The molecule has 0 fully saturated rings. The number of nitrogens with zero attached hydrogens (tertiary/aromatic N) is 1. The molecule has 0 atom stereocenters. The minimum atomic E-state index is -0.0268. The van der Waals surface area contributed by atoms with Gasteiger partial charge in [0.2, 0.25) is 0 Å². The van der Waals surface area contributed by atoms with E-state index in [0.717, 1.165) is 5.56 Å². The lowest BCUT2D eigenvalue weighted by atomic mass is 10.0. The fraction of sp³-hybridized carbons (Fsp3) is 0.176. The maximum Gasteiger partial charge on any atom is 0.187 e. The topological polar surface area (TPSA) is 30.0 Å². The third-order valence-corrected chi connectivity index (χ3v) is 2.98. The van der Waals surface area contributed by atoms with Gasteiger partial charge >= 0.3 is 0 Å². The van der Waals surface area contributed by atoms with Crippen LogP contribution in [0.2, 0.25) is 0 Å². The van der Waals surface area contributed by atoms with E-state index in [4.69, 9.17) is 0 Å². The number of hydrogen-bond acceptors (Lipinski definition) is 2. The van der Waals surface area contributed by atoms with Crippen molar-refractivity contribution in [3.63, 3.8) is 0 Å². The molecule has 0 spiro atoms. The maximum atomic E-state index is 11.9. The van der Waals surface area contributed by atoms with Gasteiger partial charge < -0.3 is 0 Å². The predicted molar refractivity (Wildman–Crippen MR) is 78.1 cm³/mol. The molecule has 0 aliphatic rings. The number of ketones is 1. The van der Waals surface area contributed by atoms with Crippen LogP contribution in [0.4, 0.5) is 0 Å². The Kier molecular flexibility index (Phi) is 4.24. The van der Waals surface area contributed by atoms with Gasteiger partial charge in [-0.15, -0.1) is 0 Å². The Labute approximate surface area is 113 Å². The average Bonchev–Trinajstić information content (AvgIpc) is 2.46. The fourth-order valence-corrected chi connectivity index (χ4v) is 1.77. The summed E-state index contributed by atoms with van der Waals surface area (Å²) < 4.78 is 0. The van der Waals surface area contributed by atoms with Gasteiger partial charge in [-0.05, 0) is 35.3 Å². The van der Waals surface area contributed by atoms with E-state index in [0.29, 0.717) is 11.5 Å². The first-order valence-corrected chi connectivity index (χ1v) is 6.39. The van der Waals surface area contributed by atoms with E-state index in [2.05, 4.69) is 31.0 Å². The van der Waals surface area contributed by atoms with Crippen LogP contribution in [0, 0.1) is 0 Å². The summed E-state index contributed by atoms with van der Waals surface area (Å²) in [5.74, 6) is 0.496. The Bertz CT molecular complexity index is 568. The molecule has 0 N–H and O–H groups in total. The number of allylic oxidation sites excluding steroid dienone is 1. The van der Waals surface area contributed by atoms with Gasteiger partial charge in [-0.2, -0.15) is 0 Å². The molecule has 2 heteroatoms. The second kappa shape index (κ2) is 6.10. The lowest BCUT2D eigenvalue weighted by Crippen LogP contribution is -1.94. The molecule has 2 nitrogen and oxygen atoms in total. The Morgan fingerprint density at radius 1 is 1.16 bits per heavy atom. The Morgan fingerprint density at radius 3 is 2.47 bits per heavy atom. The molecule has 1 heterocycles. The molecule has 19 heavy (non-hydrogen) atoms. The first kappa shape index (κ1) is 13.2. The number of benzene rings is 1. The van der Waals surface area contributed by atoms with Crippen LogP contribution in [0.5, 0.6) is 0 Å². The van der Waals surface area contributed by atoms with Crippen molar-refractivity contribution in [3.8, 4) is 0 Å². The zero-order valence-corrected chi connectivity index (χ0v) is 11.2. The predicted octanol–water partition coefficient (Wildman–Crippen LogP) is 4.10. The van der Waals surface area contributed by atoms with Gasteiger partial charge in [-0.3, -0.25) is 9.78 Å². The Morgan fingerprint density at radius 2 is 1.89 bits per heavy atom. The Balaban J connectivity index is 2.08. The molecule has 0 unspecified atom stereocenters. The Hall–Kier alpha value is -2.22. The molecule has 0 aliphatic heterocycles. The molecule has 0 saturated heterocycles. The highest BCUT2D eigenvalue weighted by atomic mass is 16.1. The summed E-state index contributed by atoms with van der Waals surface area (Å²) >= 11 is 0. The molecule has 0 amide bonds. The third-order valence-electron chi connectivity index (χ3n) is 2.98. The van der Waals surface area contributed by atoms with Crippen molar-refractivity contribution in [1.82, 2.24) is 4.98 Å². The molecule has 96 valence electrons. The van der Waals surface area contributed by atoms with Gasteiger partial charge in [0.05, 0.1) is 0 Å². The summed E-state index contributed by atoms with van der Waals surface area (Å²) in [7, 11) is 0. The summed E-state index contributed by atoms with van der Waals surface area (Å²) in [6.07, 6.45) is 6.65. The van der Waals surface area contributed by atoms with E-state index in [1.54, 1.807) is 30.6 Å². The minimum Gasteiger partial charge on any atom is -0.289 e. The minimum absolute atomic E-state index is 0.0268. The van der Waals surface area contributed by atoms with E-state index < -0.39 is 0 Å². The number of hydrogen-bond donors (Lipinski definition) is 0. The smallest absolute Gasteiger partial charge is 0.187 e. The largest absolute Gasteiger partial charge is 0.289 e. The molecular formula is C17H17NO. The van der Waals surface area contributed by atoms with Crippen molar-refractivity contribution in [1.29, 1.82) is 0 Å². The van der Waals surface area contributed by atoms with Gasteiger partial charge in [0, 0.05) is 18.0 Å². The van der Waals surface area contributed by atoms with E-state index in [9.17, 15) is 4.79 Å². The second-order valence-electron chi connectivity index (χ2n) is 4.76. The van der Waals surface area contributed by atoms with Crippen molar-refractivity contribution >= 4 is 11.9 Å². The van der Waals surface area contributed by atoms with Crippen molar-refractivity contribution in [2.24, 2.45) is 0 Å². The first-order valence-electron chi connectivity index (χ1n) is 6.39. The van der Waals surface area contributed by atoms with Crippen LogP contribution in [0.15, 0.2) is 54.9 Å². The lowest BCUT2D eigenvalue weighted by molar-refractivity contribution is 0.104. The quantitative estimate of drug-likeness (QED) is 0.605. The standard InChI is InChI=1S/C17H17NO/c1-13(2)15-8-5-14(6-9-15)7-10-17(19)16-4-3-11-18-12-16/h3-13H,1-2H3/b10-7+. The monoisotopic (exact) mass is 251 g/mol. The summed E-state index contributed by atoms with van der Waals surface area (Å²) in [4.78, 5) is 15.8. The summed E-state index contributed by atoms with van der Waals surface area (Å²) in [6, 6.07) is 11.8. The lowest BCUT2D eigenvalue weighted by Gasteiger charge is -2.04. The number of aromatic nitrogens is 1. The number of pyridine rings is 1. The third kappa shape index (κ3) is 3.62. The number of carbonyl (C=O) groups is 1. The van der Waals surface area contributed by atoms with E-state index in [1.807, 2.05) is 18.2 Å².